The third kappa shape index (κ3) is 5.58. The molecule has 1 atom stereocenters. The third-order valence-electron chi connectivity index (χ3n) is 4.23. The van der Waals surface area contributed by atoms with E-state index >= 15 is 0 Å². The first-order valence-corrected chi connectivity index (χ1v) is 9.38. The zero-order chi connectivity index (χ0) is 19.8. The summed E-state index contributed by atoms with van der Waals surface area (Å²) in [6, 6.07) is 12.9. The molecule has 0 saturated heterocycles. The van der Waals surface area contributed by atoms with Crippen LogP contribution in [0.4, 0.5) is 5.69 Å². The van der Waals surface area contributed by atoms with Crippen LogP contribution < -0.4 is 15.4 Å². The van der Waals surface area contributed by atoms with E-state index in [4.69, 9.17) is 4.74 Å². The number of anilines is 1. The van der Waals surface area contributed by atoms with Crippen LogP contribution in [0.15, 0.2) is 42.5 Å². The molecule has 2 N–H and O–H groups in total. The second kappa shape index (κ2) is 9.76. The number of amides is 2. The van der Waals surface area contributed by atoms with Crippen molar-refractivity contribution in [3.05, 3.63) is 59.2 Å². The summed E-state index contributed by atoms with van der Waals surface area (Å²) in [6.45, 7) is 8.45. The maximum Gasteiger partial charge on any atom is 0.265 e. The van der Waals surface area contributed by atoms with Crippen LogP contribution in [-0.4, -0.2) is 24.5 Å². The van der Waals surface area contributed by atoms with Crippen LogP contribution in [-0.2, 0) is 4.79 Å². The molecule has 144 valence electrons. The Hall–Kier alpha value is -2.82. The van der Waals surface area contributed by atoms with E-state index in [0.29, 0.717) is 30.0 Å². The number of carbonyl (C=O) groups excluding carboxylic acids is 2. The van der Waals surface area contributed by atoms with Crippen LogP contribution in [0, 0.1) is 13.8 Å². The lowest BCUT2D eigenvalue weighted by molar-refractivity contribution is -0.122. The molecule has 5 nitrogen and oxygen atoms in total. The second-order valence-electron chi connectivity index (χ2n) is 6.57. The molecule has 2 amide bonds. The number of rotatable bonds is 8. The molecule has 0 aliphatic heterocycles. The highest BCUT2D eigenvalue weighted by Crippen LogP contribution is 2.22. The van der Waals surface area contributed by atoms with Gasteiger partial charge in [0.1, 0.15) is 5.75 Å². The molecule has 0 aromatic heterocycles. The van der Waals surface area contributed by atoms with Gasteiger partial charge in [-0.3, -0.25) is 9.59 Å². The molecule has 2 aromatic rings. The van der Waals surface area contributed by atoms with Gasteiger partial charge in [-0.25, -0.2) is 0 Å². The van der Waals surface area contributed by atoms with Crippen molar-refractivity contribution >= 4 is 17.5 Å². The van der Waals surface area contributed by atoms with Gasteiger partial charge in [0.2, 0.25) is 0 Å². The predicted octanol–water partition coefficient (Wildman–Crippen LogP) is 4.24. The molecule has 27 heavy (non-hydrogen) atoms. The lowest BCUT2D eigenvalue weighted by Crippen LogP contribution is -2.33. The Morgan fingerprint density at radius 2 is 1.81 bits per heavy atom. The van der Waals surface area contributed by atoms with Crippen LogP contribution in [0.2, 0.25) is 0 Å². The van der Waals surface area contributed by atoms with E-state index in [1.807, 2.05) is 45.9 Å². The van der Waals surface area contributed by atoms with Crippen LogP contribution in [0.5, 0.6) is 5.75 Å². The van der Waals surface area contributed by atoms with Crippen molar-refractivity contribution in [2.45, 2.75) is 46.6 Å². The van der Waals surface area contributed by atoms with Crippen molar-refractivity contribution in [1.29, 1.82) is 0 Å². The van der Waals surface area contributed by atoms with Gasteiger partial charge in [-0.1, -0.05) is 43.7 Å². The van der Waals surface area contributed by atoms with Crippen LogP contribution >= 0.6 is 0 Å². The minimum atomic E-state index is -0.641. The van der Waals surface area contributed by atoms with Gasteiger partial charge >= 0.3 is 0 Å². The zero-order valence-corrected chi connectivity index (χ0v) is 16.5. The van der Waals surface area contributed by atoms with Crippen LogP contribution in [0.3, 0.4) is 0 Å². The molecule has 0 aliphatic carbocycles. The fraction of sp³-hybridized carbons (Fsp3) is 0.364. The number of benzene rings is 2. The Kier molecular flexibility index (Phi) is 7.41. The van der Waals surface area contributed by atoms with Gasteiger partial charge in [-0.2, -0.15) is 0 Å². The summed E-state index contributed by atoms with van der Waals surface area (Å²) in [4.78, 5) is 25.1. The molecule has 5 heteroatoms. The molecule has 0 aliphatic rings. The van der Waals surface area contributed by atoms with Gasteiger partial charge in [0.25, 0.3) is 11.8 Å². The van der Waals surface area contributed by atoms with E-state index < -0.39 is 6.10 Å². The standard InChI is InChI=1S/C22H28N2O3/c1-5-13-23-21(25)17-9-7-8-10-18(17)24-22(26)19(6-2)27-20-12-11-15(3)14-16(20)4/h7-12,14,19H,5-6,13H2,1-4H3,(H,23,25)(H,24,26). The molecule has 0 bridgehead atoms. The fourth-order valence-corrected chi connectivity index (χ4v) is 2.74. The summed E-state index contributed by atoms with van der Waals surface area (Å²) >= 11 is 0. The summed E-state index contributed by atoms with van der Waals surface area (Å²) in [5.74, 6) is 0.223. The Balaban J connectivity index is 2.14. The lowest BCUT2D eigenvalue weighted by Gasteiger charge is -2.20. The summed E-state index contributed by atoms with van der Waals surface area (Å²) in [5, 5.41) is 5.68. The van der Waals surface area contributed by atoms with E-state index in [1.165, 1.54) is 0 Å². The highest BCUT2D eigenvalue weighted by atomic mass is 16.5. The molecule has 0 heterocycles. The number of carbonyl (C=O) groups is 2. The predicted molar refractivity (Wildman–Crippen MR) is 108 cm³/mol. The van der Waals surface area contributed by atoms with Gasteiger partial charge in [0.15, 0.2) is 6.10 Å². The summed E-state index contributed by atoms with van der Waals surface area (Å²) in [7, 11) is 0. The molecule has 1 unspecified atom stereocenters. The quantitative estimate of drug-likeness (QED) is 0.732. The van der Waals surface area contributed by atoms with E-state index in [2.05, 4.69) is 10.6 Å². The third-order valence-corrected chi connectivity index (χ3v) is 4.23. The number of nitrogens with one attached hydrogen (secondary N) is 2. The summed E-state index contributed by atoms with van der Waals surface area (Å²) in [6.07, 6.45) is 0.726. The van der Waals surface area contributed by atoms with Gasteiger partial charge in [0, 0.05) is 6.54 Å². The van der Waals surface area contributed by atoms with Crippen molar-refractivity contribution in [3.63, 3.8) is 0 Å². The lowest BCUT2D eigenvalue weighted by atomic mass is 10.1. The maximum absolute atomic E-state index is 12.7. The minimum Gasteiger partial charge on any atom is -0.480 e. The topological polar surface area (TPSA) is 67.4 Å². The number of aryl methyl sites for hydroxylation is 2. The average Bonchev–Trinajstić information content (AvgIpc) is 2.65. The second-order valence-corrected chi connectivity index (χ2v) is 6.57. The average molecular weight is 368 g/mol. The zero-order valence-electron chi connectivity index (χ0n) is 16.5. The molecular formula is C22H28N2O3. The Labute approximate surface area is 161 Å². The van der Waals surface area contributed by atoms with Crippen molar-refractivity contribution in [1.82, 2.24) is 5.32 Å². The monoisotopic (exact) mass is 368 g/mol. The van der Waals surface area contributed by atoms with Crippen molar-refractivity contribution in [2.75, 3.05) is 11.9 Å². The van der Waals surface area contributed by atoms with Gasteiger partial charge in [-0.15, -0.1) is 0 Å². The molecule has 0 radical (unpaired) electrons. The van der Waals surface area contributed by atoms with Crippen LogP contribution in [0.25, 0.3) is 0 Å². The summed E-state index contributed by atoms with van der Waals surface area (Å²) < 4.78 is 5.94. The van der Waals surface area contributed by atoms with Crippen molar-refractivity contribution < 1.29 is 14.3 Å². The molecule has 2 rings (SSSR count). The highest BCUT2D eigenvalue weighted by molar-refractivity contribution is 6.04. The number of ether oxygens (including phenoxy) is 1. The number of hydrogen-bond acceptors (Lipinski definition) is 3. The first-order valence-electron chi connectivity index (χ1n) is 9.38. The first kappa shape index (κ1) is 20.5. The SMILES string of the molecule is CCCNC(=O)c1ccccc1NC(=O)C(CC)Oc1ccc(C)cc1C. The Morgan fingerprint density at radius 3 is 2.48 bits per heavy atom. The molecule has 0 fully saturated rings. The maximum atomic E-state index is 12.7. The number of para-hydroxylation sites is 1. The highest BCUT2D eigenvalue weighted by Gasteiger charge is 2.21. The van der Waals surface area contributed by atoms with Gasteiger partial charge < -0.3 is 15.4 Å². The first-order chi connectivity index (χ1) is 13.0. The molecule has 0 saturated carbocycles. The summed E-state index contributed by atoms with van der Waals surface area (Å²) in [5.41, 5.74) is 3.06. The van der Waals surface area contributed by atoms with E-state index in [-0.39, 0.29) is 11.8 Å². The number of hydrogen-bond donors (Lipinski definition) is 2. The molecule has 0 spiro atoms. The normalized spacial score (nSPS) is 11.6. The Morgan fingerprint density at radius 1 is 1.07 bits per heavy atom. The van der Waals surface area contributed by atoms with Gasteiger partial charge in [-0.05, 0) is 50.5 Å². The smallest absolute Gasteiger partial charge is 0.265 e. The minimum absolute atomic E-state index is 0.198. The van der Waals surface area contributed by atoms with Crippen LogP contribution in [0.1, 0.15) is 48.2 Å². The Bertz CT molecular complexity index is 802. The van der Waals surface area contributed by atoms with E-state index in [0.717, 1.165) is 17.5 Å². The molecule has 2 aromatic carbocycles. The van der Waals surface area contributed by atoms with E-state index in [1.54, 1.807) is 24.3 Å². The van der Waals surface area contributed by atoms with Crippen molar-refractivity contribution in [3.8, 4) is 5.75 Å². The van der Waals surface area contributed by atoms with Crippen molar-refractivity contribution in [2.24, 2.45) is 0 Å². The fourth-order valence-electron chi connectivity index (χ4n) is 2.74. The largest absolute Gasteiger partial charge is 0.480 e. The van der Waals surface area contributed by atoms with Gasteiger partial charge in [0.05, 0.1) is 11.3 Å². The van der Waals surface area contributed by atoms with E-state index in [9.17, 15) is 9.59 Å². The molecular weight excluding hydrogens is 340 g/mol.